The van der Waals surface area contributed by atoms with Crippen molar-refractivity contribution in [3.63, 3.8) is 0 Å². The first-order valence-corrected chi connectivity index (χ1v) is 31.0. The second kappa shape index (κ2) is 29.1. The number of hydrogen-bond acceptors (Lipinski definition) is 20. The molecule has 3 saturated carbocycles. The number of benzene rings is 3. The number of esters is 5. The Labute approximate surface area is 528 Å². The third kappa shape index (κ3) is 14.7. The number of nitrogens with one attached hydrogen (secondary N) is 3. The molecule has 1 aliphatic heterocycles. The Morgan fingerprint density at radius 2 is 1.35 bits per heavy atom. The molecule has 1 saturated heterocycles. The molecule has 3 aromatic rings. The maximum atomic E-state index is 15.9. The Morgan fingerprint density at radius 3 is 1.95 bits per heavy atom. The van der Waals surface area contributed by atoms with E-state index in [9.17, 15) is 43.8 Å². The largest absolute Gasteiger partial charge is 0.455 e. The molecule has 1 heterocycles. The van der Waals surface area contributed by atoms with E-state index in [1.807, 2.05) is 0 Å². The molecule has 3 unspecified atom stereocenters. The number of carbonyl (C=O) groups excluding carboxylic acids is 9. The van der Waals surface area contributed by atoms with E-state index in [1.165, 1.54) is 52.0 Å². The van der Waals surface area contributed by atoms with E-state index in [-0.39, 0.29) is 80.4 Å². The number of Topliss-reactive ketones (excluding diaryl/α,β-unsaturated/α-hetero) is 1. The first-order valence-electron chi connectivity index (χ1n) is 31.0. The van der Waals surface area contributed by atoms with Gasteiger partial charge in [0, 0.05) is 70.0 Å². The highest BCUT2D eigenvalue weighted by molar-refractivity contribution is 5.96. The zero-order valence-electron chi connectivity index (χ0n) is 52.1. The minimum absolute atomic E-state index is 0.0187. The fourth-order valence-corrected chi connectivity index (χ4v) is 14.1. The summed E-state index contributed by atoms with van der Waals surface area (Å²) in [6, 6.07) is 22.3. The fourth-order valence-electron chi connectivity index (χ4n) is 14.1. The summed E-state index contributed by atoms with van der Waals surface area (Å²) in [5, 5.41) is 34.5. The number of alkyl carbamates (subject to hydrolysis) is 1. The van der Waals surface area contributed by atoms with Crippen molar-refractivity contribution in [1.29, 1.82) is 0 Å². The van der Waals surface area contributed by atoms with Gasteiger partial charge in [-0.1, -0.05) is 80.6 Å². The fraction of sp³-hybridized carbons (Fsp3) is 0.544. The lowest BCUT2D eigenvalue weighted by Gasteiger charge is -2.67. The number of aliphatic hydroxyl groups excluding tert-OH is 1. The molecule has 13 atom stereocenters. The van der Waals surface area contributed by atoms with Crippen LogP contribution in [-0.4, -0.2) is 164 Å². The van der Waals surface area contributed by atoms with E-state index in [0.29, 0.717) is 24.4 Å². The maximum absolute atomic E-state index is 15.9. The van der Waals surface area contributed by atoms with Crippen molar-refractivity contribution in [3.8, 4) is 11.8 Å². The number of ketones is 1. The number of carbonyl (C=O) groups is 9. The van der Waals surface area contributed by atoms with Gasteiger partial charge in [0.2, 0.25) is 12.0 Å². The zero-order valence-corrected chi connectivity index (χ0v) is 52.1. The van der Waals surface area contributed by atoms with Gasteiger partial charge < -0.3 is 68.8 Å². The maximum Gasteiger partial charge on any atom is 0.407 e. The average molecular weight is 1260 g/mol. The summed E-state index contributed by atoms with van der Waals surface area (Å²) in [5.74, 6) is -1.06. The normalized spacial score (nSPS) is 28.9. The first-order chi connectivity index (χ1) is 43.5. The van der Waals surface area contributed by atoms with Crippen LogP contribution >= 0.6 is 0 Å². The third-order valence-corrected chi connectivity index (χ3v) is 19.0. The second-order valence-electron chi connectivity index (χ2n) is 24.8. The number of ether oxygens (including phenoxy) is 9. The highest BCUT2D eigenvalue weighted by atomic mass is 16.6. The quantitative estimate of drug-likeness (QED) is 0.0234. The van der Waals surface area contributed by atoms with E-state index in [1.54, 1.807) is 66.7 Å². The summed E-state index contributed by atoms with van der Waals surface area (Å²) in [5.41, 5.74) is -7.84. The van der Waals surface area contributed by atoms with Crippen molar-refractivity contribution in [2.45, 2.75) is 147 Å². The Kier molecular flexibility index (Phi) is 21.5. The lowest BCUT2D eigenvalue weighted by molar-refractivity contribution is -0.346. The Morgan fingerprint density at radius 1 is 0.747 bits per heavy atom. The van der Waals surface area contributed by atoms with Gasteiger partial charge in [-0.3, -0.25) is 28.8 Å². The van der Waals surface area contributed by atoms with Crippen molar-refractivity contribution in [2.24, 2.45) is 34.5 Å². The van der Waals surface area contributed by atoms with Crippen LogP contribution < -0.4 is 16.0 Å². The summed E-state index contributed by atoms with van der Waals surface area (Å²) in [6.07, 6.45) is -8.84. The molecule has 2 bridgehead atoms. The molecule has 4 fully saturated rings. The second-order valence-corrected chi connectivity index (χ2v) is 24.8. The van der Waals surface area contributed by atoms with Crippen molar-refractivity contribution in [1.82, 2.24) is 16.0 Å². The molecule has 0 aromatic heterocycles. The van der Waals surface area contributed by atoms with E-state index in [2.05, 4.69) is 27.8 Å². The number of rotatable bonds is 25. The van der Waals surface area contributed by atoms with Crippen molar-refractivity contribution < 1.29 is 96.0 Å². The van der Waals surface area contributed by atoms with Crippen LogP contribution in [0.2, 0.25) is 0 Å². The van der Waals surface area contributed by atoms with Crippen molar-refractivity contribution in [2.75, 3.05) is 52.7 Å². The van der Waals surface area contributed by atoms with Crippen molar-refractivity contribution in [3.05, 3.63) is 119 Å². The predicted molar refractivity (Wildman–Crippen MR) is 322 cm³/mol. The van der Waals surface area contributed by atoms with Crippen LogP contribution in [0.3, 0.4) is 0 Å². The Bertz CT molecular complexity index is 3260. The molecule has 3 amide bonds. The standard InChI is InChI=1S/C68H81N3O20/c1-40-49(37-68(82)60(90-62(79)45-24-16-11-17-25-45)58-66(6,50(74)36-51-67(58,39-86-51)91-42(3)73)59(77)56(87-41(2)72)54(40)65(68,4)5)88-63(80)57(55(43-20-12-9-13-21-43)71-61(78)44-22-14-10-15-23-44)89-53(76)29-28-52(75)69-30-32-83-34-35-84-33-31-70-64(81)85-38-48-46-26-18-7-8-19-27-47(46)48/h9-17,20-25,46-51,55-58,60,74,82H,18-19,26-39H2,1-6H3,(H,69,75)(H,70,81)(H,71,78)/t46?,47?,48?,49-,50-,51?,55-,56+,57+,58-,60-,66+,67-,68+/m0/s1. The topological polar surface area (TPSA) is 313 Å². The molecule has 5 N–H and O–H groups in total. The molecule has 5 aliphatic carbocycles. The molecule has 3 aromatic carbocycles. The number of hydrogen-bond donors (Lipinski definition) is 5. The van der Waals surface area contributed by atoms with Crippen LogP contribution in [0.4, 0.5) is 4.79 Å². The van der Waals surface area contributed by atoms with Gasteiger partial charge in [-0.05, 0) is 85.4 Å². The summed E-state index contributed by atoms with van der Waals surface area (Å²) in [6.45, 7) is 9.13. The molecular formula is C68H81N3O20. The van der Waals surface area contributed by atoms with Gasteiger partial charge in [0.1, 0.15) is 30.0 Å². The molecule has 91 heavy (non-hydrogen) atoms. The summed E-state index contributed by atoms with van der Waals surface area (Å²) in [4.78, 5) is 126. The predicted octanol–water partition coefficient (Wildman–Crippen LogP) is 5.38. The van der Waals surface area contributed by atoms with E-state index >= 15 is 9.59 Å². The molecule has 0 radical (unpaired) electrons. The van der Waals surface area contributed by atoms with Gasteiger partial charge in [0.15, 0.2) is 17.5 Å². The average Bonchev–Trinajstić information content (AvgIpc) is 1.22. The lowest BCUT2D eigenvalue weighted by atomic mass is 9.44. The Hall–Kier alpha value is -8.01. The van der Waals surface area contributed by atoms with Gasteiger partial charge >= 0.3 is 35.9 Å². The zero-order chi connectivity index (χ0) is 65.3. The highest BCUT2D eigenvalue weighted by Gasteiger charge is 2.78. The minimum atomic E-state index is -2.52. The number of amides is 3. The third-order valence-electron chi connectivity index (χ3n) is 19.0. The van der Waals surface area contributed by atoms with E-state index in [0.717, 1.165) is 39.5 Å². The monoisotopic (exact) mass is 1260 g/mol. The number of aliphatic hydroxyl groups is 2. The molecule has 0 spiro atoms. The molecule has 9 rings (SSSR count). The van der Waals surface area contributed by atoms with Crippen LogP contribution in [0, 0.1) is 46.3 Å². The van der Waals surface area contributed by atoms with Gasteiger partial charge in [-0.2, -0.15) is 0 Å². The van der Waals surface area contributed by atoms with Crippen LogP contribution in [0.15, 0.2) is 102 Å². The molecular weight excluding hydrogens is 1180 g/mol. The summed E-state index contributed by atoms with van der Waals surface area (Å²) in [7, 11) is 0. The van der Waals surface area contributed by atoms with Gasteiger partial charge in [-0.25, -0.2) is 14.4 Å². The number of fused-ring (bicyclic) bond motifs is 6. The Balaban J connectivity index is 0.925. The summed E-state index contributed by atoms with van der Waals surface area (Å²) < 4.78 is 53.6. The van der Waals surface area contributed by atoms with E-state index in [4.69, 9.17) is 42.6 Å². The molecule has 23 nitrogen and oxygen atoms in total. The van der Waals surface area contributed by atoms with E-state index < -0.39 is 143 Å². The van der Waals surface area contributed by atoms with Crippen LogP contribution in [-0.2, 0) is 71.4 Å². The van der Waals surface area contributed by atoms with Crippen molar-refractivity contribution >= 4 is 53.5 Å². The van der Waals surface area contributed by atoms with Gasteiger partial charge in [0.25, 0.3) is 5.91 Å². The van der Waals surface area contributed by atoms with Crippen LogP contribution in [0.1, 0.15) is 125 Å². The first kappa shape index (κ1) is 67.4. The van der Waals surface area contributed by atoms with Crippen LogP contribution in [0.25, 0.3) is 0 Å². The molecule has 6 aliphatic rings. The molecule has 23 heteroatoms. The van der Waals surface area contributed by atoms with Gasteiger partial charge in [0.05, 0.1) is 69.1 Å². The highest BCUT2D eigenvalue weighted by Crippen LogP contribution is 2.64. The van der Waals surface area contributed by atoms with Gasteiger partial charge in [-0.15, -0.1) is 11.8 Å². The molecule has 488 valence electrons. The summed E-state index contributed by atoms with van der Waals surface area (Å²) >= 11 is 0. The SMILES string of the molecule is CC(=O)O[C@H]1C(=O)[C@]2(C)[C@@H](O)CC3OC[C@@]3(OC(C)=O)[C@H]2[C@H](OC(=O)c2ccccc2)[C@]2(O)C[C@H](OC(=O)[C@H](OC(=O)CCC(=O)NCCOCCOCCNC(=O)OCC3C4CCC#CCCC43)[C@@H](NC(=O)c3ccccc3)c3ccccc3)C(C)=C1C2(C)C. The van der Waals surface area contributed by atoms with Crippen LogP contribution in [0.5, 0.6) is 0 Å². The minimum Gasteiger partial charge on any atom is -0.455 e. The lowest BCUT2D eigenvalue weighted by Crippen LogP contribution is -2.82. The smallest absolute Gasteiger partial charge is 0.407 e.